The molecule has 4 heterocycles. The van der Waals surface area contributed by atoms with Crippen LogP contribution in [0.3, 0.4) is 0 Å². The van der Waals surface area contributed by atoms with Crippen molar-refractivity contribution in [2.24, 2.45) is 4.99 Å². The van der Waals surface area contributed by atoms with Gasteiger partial charge in [-0.05, 0) is 166 Å². The number of halogens is 2. The SMILES string of the molecule is CC(=C1N=C(c2c(C)cc(C)cc2C)c2cc(Br)ccc21)c1cc2c([nH]1)-c1ccccc1CC2.CC(=O)c1cc2c([nH]1)-c1ccccc1CC2.Cc1cc(C)c(-c2[nH]cc3ccc(Br)cc23)c(C)c1. The van der Waals surface area contributed by atoms with Crippen molar-refractivity contribution >= 4 is 65.4 Å². The Morgan fingerprint density at radius 2 is 1.01 bits per heavy atom. The van der Waals surface area contributed by atoms with Crippen molar-refractivity contribution in [2.75, 3.05) is 0 Å². The van der Waals surface area contributed by atoms with Crippen molar-refractivity contribution in [2.45, 2.75) is 81.1 Å². The highest BCUT2D eigenvalue weighted by atomic mass is 79.9. The molecule has 0 unspecified atom stereocenters. The fraction of sp³-hybridized carbons (Fsp3) is 0.194. The number of carbonyl (C=O) groups is 1. The number of allylic oxidation sites excluding steroid dienone is 1. The van der Waals surface area contributed by atoms with Crippen molar-refractivity contribution in [1.82, 2.24) is 15.0 Å². The van der Waals surface area contributed by atoms with Gasteiger partial charge in [0, 0.05) is 77.9 Å². The van der Waals surface area contributed by atoms with E-state index in [0.29, 0.717) is 0 Å². The molecule has 3 aromatic heterocycles. The van der Waals surface area contributed by atoms with Crippen LogP contribution in [0.1, 0.15) is 102 Å². The molecule has 2 aliphatic carbocycles. The molecular formula is C62H56Br2N4O. The van der Waals surface area contributed by atoms with Crippen molar-refractivity contribution < 1.29 is 4.79 Å². The van der Waals surface area contributed by atoms with Crippen LogP contribution in [0, 0.1) is 41.5 Å². The van der Waals surface area contributed by atoms with E-state index in [0.717, 1.165) is 63.1 Å². The third-order valence-corrected chi connectivity index (χ3v) is 15.0. The normalized spacial score (nSPS) is 13.7. The summed E-state index contributed by atoms with van der Waals surface area (Å²) >= 11 is 7.25. The van der Waals surface area contributed by atoms with E-state index in [9.17, 15) is 4.79 Å². The number of ketones is 1. The van der Waals surface area contributed by atoms with Crippen LogP contribution in [0.25, 0.3) is 55.8 Å². The number of carbonyl (C=O) groups excluding carboxylic acids is 1. The predicted molar refractivity (Wildman–Crippen MR) is 296 cm³/mol. The zero-order valence-corrected chi connectivity index (χ0v) is 43.7. The predicted octanol–water partition coefficient (Wildman–Crippen LogP) is 16.7. The molecule has 7 heteroatoms. The fourth-order valence-electron chi connectivity index (χ4n) is 11.0. The lowest BCUT2D eigenvalue weighted by molar-refractivity contribution is 0.101. The summed E-state index contributed by atoms with van der Waals surface area (Å²) in [4.78, 5) is 27.1. The first-order valence-corrected chi connectivity index (χ1v) is 25.5. The molecule has 5 nitrogen and oxygen atoms in total. The fourth-order valence-corrected chi connectivity index (χ4v) is 11.7. The van der Waals surface area contributed by atoms with Crippen LogP contribution >= 0.6 is 31.9 Å². The minimum atomic E-state index is 0.104. The van der Waals surface area contributed by atoms with E-state index in [2.05, 4.69) is 211 Å². The number of aromatic amines is 3. The number of fused-ring (bicyclic) bond motifs is 8. The molecule has 9 aromatic rings. The smallest absolute Gasteiger partial charge is 0.175 e. The lowest BCUT2D eigenvalue weighted by Crippen LogP contribution is -2.06. The second kappa shape index (κ2) is 18.8. The van der Waals surface area contributed by atoms with Crippen LogP contribution in [0.5, 0.6) is 0 Å². The van der Waals surface area contributed by atoms with Crippen molar-refractivity contribution in [3.63, 3.8) is 0 Å². The summed E-state index contributed by atoms with van der Waals surface area (Å²) in [5.41, 5.74) is 29.6. The van der Waals surface area contributed by atoms with Gasteiger partial charge in [0.1, 0.15) is 0 Å². The topological polar surface area (TPSA) is 76.8 Å². The maximum Gasteiger partial charge on any atom is 0.175 e. The van der Waals surface area contributed by atoms with E-state index in [1.54, 1.807) is 6.92 Å². The van der Waals surface area contributed by atoms with Gasteiger partial charge in [0.2, 0.25) is 0 Å². The lowest BCUT2D eigenvalue weighted by Gasteiger charge is -2.15. The van der Waals surface area contributed by atoms with Crippen molar-refractivity contribution in [3.8, 4) is 33.8 Å². The van der Waals surface area contributed by atoms with Gasteiger partial charge in [-0.15, -0.1) is 0 Å². The molecule has 0 radical (unpaired) electrons. The minimum Gasteiger partial charge on any atom is -0.360 e. The Kier molecular flexibility index (Phi) is 12.6. The molecule has 0 amide bonds. The number of nitrogens with zero attached hydrogens (tertiary/aromatic N) is 1. The third-order valence-electron chi connectivity index (χ3n) is 14.1. The molecule has 1 aliphatic heterocycles. The number of nitrogens with one attached hydrogen (secondary N) is 3. The summed E-state index contributed by atoms with van der Waals surface area (Å²) in [6.45, 7) is 16.9. The Bertz CT molecular complexity index is 3550. The first-order valence-electron chi connectivity index (χ1n) is 23.9. The number of aliphatic imine (C=N–C) groups is 1. The average molecular weight is 1030 g/mol. The monoisotopic (exact) mass is 1030 g/mol. The molecule has 69 heavy (non-hydrogen) atoms. The largest absolute Gasteiger partial charge is 0.360 e. The summed E-state index contributed by atoms with van der Waals surface area (Å²) in [6.07, 6.45) is 6.34. The number of aryl methyl sites for hydroxylation is 10. The second-order valence-electron chi connectivity index (χ2n) is 19.1. The molecule has 0 fully saturated rings. The summed E-state index contributed by atoms with van der Waals surface area (Å²) < 4.78 is 2.19. The number of aromatic nitrogens is 3. The number of hydrogen-bond donors (Lipinski definition) is 3. The van der Waals surface area contributed by atoms with E-state index in [4.69, 9.17) is 4.99 Å². The molecule has 0 saturated carbocycles. The van der Waals surface area contributed by atoms with Crippen LogP contribution in [-0.2, 0) is 25.7 Å². The van der Waals surface area contributed by atoms with Crippen LogP contribution in [0.15, 0.2) is 141 Å². The van der Waals surface area contributed by atoms with E-state index in [1.807, 2.05) is 12.1 Å². The van der Waals surface area contributed by atoms with E-state index in [1.165, 1.54) is 117 Å². The lowest BCUT2D eigenvalue weighted by atomic mass is 9.90. The second-order valence-corrected chi connectivity index (χ2v) is 20.9. The molecule has 3 aliphatic rings. The van der Waals surface area contributed by atoms with Gasteiger partial charge in [0.25, 0.3) is 0 Å². The van der Waals surface area contributed by atoms with Gasteiger partial charge < -0.3 is 15.0 Å². The minimum absolute atomic E-state index is 0.104. The Morgan fingerprint density at radius 1 is 0.507 bits per heavy atom. The van der Waals surface area contributed by atoms with Crippen molar-refractivity contribution in [1.29, 1.82) is 0 Å². The van der Waals surface area contributed by atoms with Crippen molar-refractivity contribution in [3.05, 3.63) is 220 Å². The Labute approximate surface area is 422 Å². The molecule has 0 saturated heterocycles. The molecule has 0 bridgehead atoms. The third kappa shape index (κ3) is 8.88. The number of Topliss-reactive ketones (excluding diaryl/α,β-unsaturated/α-hetero) is 1. The van der Waals surface area contributed by atoms with Crippen LogP contribution in [0.4, 0.5) is 0 Å². The molecule has 0 atom stereocenters. The Balaban J connectivity index is 0.000000133. The molecular weight excluding hydrogens is 977 g/mol. The van der Waals surface area contributed by atoms with E-state index in [-0.39, 0.29) is 5.78 Å². The van der Waals surface area contributed by atoms with Crippen LogP contribution < -0.4 is 0 Å². The van der Waals surface area contributed by atoms with Crippen LogP contribution in [-0.4, -0.2) is 26.4 Å². The highest BCUT2D eigenvalue weighted by Crippen LogP contribution is 2.42. The van der Waals surface area contributed by atoms with Gasteiger partial charge in [-0.1, -0.05) is 128 Å². The Morgan fingerprint density at radius 3 is 1.61 bits per heavy atom. The summed E-state index contributed by atoms with van der Waals surface area (Å²) in [5, 5.41) is 2.52. The highest BCUT2D eigenvalue weighted by molar-refractivity contribution is 9.10. The van der Waals surface area contributed by atoms with Gasteiger partial charge in [-0.3, -0.25) is 4.79 Å². The zero-order chi connectivity index (χ0) is 48.2. The number of benzene rings is 6. The van der Waals surface area contributed by atoms with Crippen LogP contribution in [0.2, 0.25) is 0 Å². The van der Waals surface area contributed by atoms with E-state index < -0.39 is 0 Å². The number of H-pyrrole nitrogens is 3. The molecule has 12 rings (SSSR count). The summed E-state index contributed by atoms with van der Waals surface area (Å²) in [5.74, 6) is 0.104. The summed E-state index contributed by atoms with van der Waals surface area (Å²) in [7, 11) is 0. The first-order chi connectivity index (χ1) is 33.2. The van der Waals surface area contributed by atoms with Gasteiger partial charge >= 0.3 is 0 Å². The summed E-state index contributed by atoms with van der Waals surface area (Å²) in [6, 6.07) is 43.4. The zero-order valence-electron chi connectivity index (χ0n) is 40.6. The first kappa shape index (κ1) is 46.2. The molecule has 0 spiro atoms. The van der Waals surface area contributed by atoms with Gasteiger partial charge in [0.05, 0.1) is 22.8 Å². The molecule has 344 valence electrons. The van der Waals surface area contributed by atoms with Gasteiger partial charge in [0.15, 0.2) is 5.78 Å². The number of hydrogen-bond acceptors (Lipinski definition) is 2. The van der Waals surface area contributed by atoms with Gasteiger partial charge in [-0.2, -0.15) is 0 Å². The average Bonchev–Trinajstić information content (AvgIpc) is 4.13. The number of rotatable bonds is 4. The maximum atomic E-state index is 11.3. The maximum absolute atomic E-state index is 11.3. The molecule has 3 N–H and O–H groups in total. The van der Waals surface area contributed by atoms with Gasteiger partial charge in [-0.25, -0.2) is 4.99 Å². The molecule has 6 aromatic carbocycles. The Hall–Kier alpha value is -6.54. The van der Waals surface area contributed by atoms with E-state index >= 15 is 0 Å². The standard InChI is InChI=1S/C31H27BrN2.C17H16BrN.C14H13NO/c1-17-13-18(2)28(19(3)14-17)31-26-16-23(32)11-12-25(26)29(34-31)20(4)27-15-22-10-9-21-7-5-6-8-24(21)30(22)33-27;1-10-6-11(2)16(12(3)7-10)17-15-8-14(18)5-4-13(15)9-19-17;1-9(16)13-8-11-7-6-10-4-2-3-5-12(10)14(11)15-13/h5-8,11-16,33H,9-10H2,1-4H3;4-9,19H,1-3H3;2-5,8,15H,6-7H2,1H3. The highest BCUT2D eigenvalue weighted by Gasteiger charge is 2.28. The quantitative estimate of drug-likeness (QED) is 0.151.